The summed E-state index contributed by atoms with van der Waals surface area (Å²) in [5, 5.41) is 2.39. The summed E-state index contributed by atoms with van der Waals surface area (Å²) in [4.78, 5) is 25.9. The van der Waals surface area contributed by atoms with E-state index in [1.54, 1.807) is 28.8 Å². The number of nitrogens with zero attached hydrogens (tertiary/aromatic N) is 2. The molecule has 6 heteroatoms. The molecule has 0 radical (unpaired) electrons. The predicted octanol–water partition coefficient (Wildman–Crippen LogP) is 3.92. The molecule has 0 saturated heterocycles. The largest absolute Gasteiger partial charge is 0.336 e. The van der Waals surface area contributed by atoms with Crippen LogP contribution in [0.1, 0.15) is 5.56 Å². The van der Waals surface area contributed by atoms with Crippen LogP contribution in [-0.2, 0) is 6.54 Å². The van der Waals surface area contributed by atoms with Gasteiger partial charge in [-0.1, -0.05) is 41.9 Å². The van der Waals surface area contributed by atoms with Crippen molar-refractivity contribution in [2.75, 3.05) is 0 Å². The number of fused-ring (bicyclic) bond motifs is 1. The van der Waals surface area contributed by atoms with Gasteiger partial charge in [0.15, 0.2) is 0 Å². The van der Waals surface area contributed by atoms with E-state index in [1.807, 2.05) is 41.8 Å². The van der Waals surface area contributed by atoms with E-state index in [9.17, 15) is 9.59 Å². The van der Waals surface area contributed by atoms with Gasteiger partial charge in [0.25, 0.3) is 5.56 Å². The molecule has 0 unspecified atom stereocenters. The first-order valence-corrected chi connectivity index (χ1v) is 8.94. The molecule has 2 aromatic heterocycles. The molecular weight excluding hydrogens is 356 g/mol. The monoisotopic (exact) mass is 368 g/mol. The topological polar surface area (TPSA) is 44.0 Å². The lowest BCUT2D eigenvalue weighted by Gasteiger charge is -2.12. The lowest BCUT2D eigenvalue weighted by Crippen LogP contribution is -2.38. The van der Waals surface area contributed by atoms with Gasteiger partial charge in [0.2, 0.25) is 0 Å². The van der Waals surface area contributed by atoms with E-state index < -0.39 is 0 Å². The summed E-state index contributed by atoms with van der Waals surface area (Å²) in [6.07, 6.45) is 0. The van der Waals surface area contributed by atoms with E-state index in [0.717, 1.165) is 5.56 Å². The van der Waals surface area contributed by atoms with E-state index in [0.29, 0.717) is 27.5 Å². The highest BCUT2D eigenvalue weighted by atomic mass is 35.5. The summed E-state index contributed by atoms with van der Waals surface area (Å²) in [6.45, 7) is 0.404. The van der Waals surface area contributed by atoms with Gasteiger partial charge in [0.05, 0.1) is 17.7 Å². The number of aromatic nitrogens is 2. The molecule has 0 aliphatic rings. The molecule has 0 fully saturated rings. The van der Waals surface area contributed by atoms with Crippen molar-refractivity contribution in [2.24, 2.45) is 0 Å². The Morgan fingerprint density at radius 3 is 2.36 bits per heavy atom. The van der Waals surface area contributed by atoms with Crippen LogP contribution < -0.4 is 11.2 Å². The van der Waals surface area contributed by atoms with E-state index in [2.05, 4.69) is 0 Å². The zero-order valence-electron chi connectivity index (χ0n) is 13.1. The first-order chi connectivity index (χ1) is 12.1. The third-order valence-electron chi connectivity index (χ3n) is 4.02. The fourth-order valence-corrected chi connectivity index (χ4v) is 3.77. The highest BCUT2D eigenvalue weighted by Gasteiger charge is 2.15. The molecule has 25 heavy (non-hydrogen) atoms. The van der Waals surface area contributed by atoms with Gasteiger partial charge in [0, 0.05) is 5.02 Å². The Bertz CT molecular complexity index is 1160. The number of hydrogen-bond donors (Lipinski definition) is 0. The van der Waals surface area contributed by atoms with Crippen LogP contribution in [0.25, 0.3) is 15.9 Å². The molecule has 4 nitrogen and oxygen atoms in total. The minimum atomic E-state index is -0.359. The van der Waals surface area contributed by atoms with Gasteiger partial charge in [-0.25, -0.2) is 9.36 Å². The van der Waals surface area contributed by atoms with Gasteiger partial charge in [-0.15, -0.1) is 11.3 Å². The van der Waals surface area contributed by atoms with Gasteiger partial charge >= 0.3 is 5.69 Å². The summed E-state index contributed by atoms with van der Waals surface area (Å²) < 4.78 is 3.40. The Morgan fingerprint density at radius 2 is 1.64 bits per heavy atom. The molecule has 0 aliphatic heterocycles. The Balaban J connectivity index is 2.00. The van der Waals surface area contributed by atoms with Crippen LogP contribution in [0.5, 0.6) is 0 Å². The minimum Gasteiger partial charge on any atom is -0.288 e. The average molecular weight is 369 g/mol. The van der Waals surface area contributed by atoms with Crippen molar-refractivity contribution in [3.05, 3.63) is 97.5 Å². The maximum absolute atomic E-state index is 13.1. The molecule has 0 atom stereocenters. The second kappa shape index (κ2) is 6.35. The summed E-state index contributed by atoms with van der Waals surface area (Å²) >= 11 is 7.27. The molecular formula is C19H13ClN2O2S. The number of benzene rings is 2. The quantitative estimate of drug-likeness (QED) is 0.550. The molecule has 0 amide bonds. The van der Waals surface area contributed by atoms with Crippen molar-refractivity contribution in [1.82, 2.24) is 9.13 Å². The van der Waals surface area contributed by atoms with Crippen molar-refractivity contribution in [3.8, 4) is 5.69 Å². The third kappa shape index (κ3) is 2.81. The van der Waals surface area contributed by atoms with Gasteiger partial charge in [-0.2, -0.15) is 0 Å². The maximum atomic E-state index is 13.1. The van der Waals surface area contributed by atoms with Crippen LogP contribution in [-0.4, -0.2) is 9.13 Å². The standard InChI is InChI=1S/C19H13ClN2O2S/c20-14-6-8-15(9-7-14)22-18(23)17-16(10-11-25-17)21(19(22)24)12-13-4-2-1-3-5-13/h1-11H,12H2. The Morgan fingerprint density at radius 1 is 0.920 bits per heavy atom. The van der Waals surface area contributed by atoms with Crippen LogP contribution in [0.3, 0.4) is 0 Å². The van der Waals surface area contributed by atoms with Crippen molar-refractivity contribution >= 4 is 33.2 Å². The van der Waals surface area contributed by atoms with Gasteiger partial charge in [-0.3, -0.25) is 9.36 Å². The fourth-order valence-electron chi connectivity index (χ4n) is 2.82. The highest BCUT2D eigenvalue weighted by Crippen LogP contribution is 2.18. The summed E-state index contributed by atoms with van der Waals surface area (Å²) in [6, 6.07) is 18.2. The van der Waals surface area contributed by atoms with E-state index in [1.165, 1.54) is 15.9 Å². The molecule has 0 bridgehead atoms. The smallest absolute Gasteiger partial charge is 0.288 e. The van der Waals surface area contributed by atoms with E-state index in [4.69, 9.17) is 11.6 Å². The fraction of sp³-hybridized carbons (Fsp3) is 0.0526. The SMILES string of the molecule is O=c1c2sccc2n(Cc2ccccc2)c(=O)n1-c1ccc(Cl)cc1. The van der Waals surface area contributed by atoms with Gasteiger partial charge in [-0.05, 0) is 41.3 Å². The molecule has 0 saturated carbocycles. The van der Waals surface area contributed by atoms with Crippen molar-refractivity contribution < 1.29 is 0 Å². The molecule has 2 heterocycles. The number of rotatable bonds is 3. The van der Waals surface area contributed by atoms with Crippen molar-refractivity contribution in [2.45, 2.75) is 6.54 Å². The van der Waals surface area contributed by atoms with Gasteiger partial charge < -0.3 is 0 Å². The minimum absolute atomic E-state index is 0.304. The average Bonchev–Trinajstić information content (AvgIpc) is 3.11. The highest BCUT2D eigenvalue weighted by molar-refractivity contribution is 7.17. The number of halogens is 1. The Hall–Kier alpha value is -2.63. The molecule has 0 aliphatic carbocycles. The summed E-state index contributed by atoms with van der Waals surface area (Å²) in [5.41, 5.74) is 1.51. The molecule has 0 N–H and O–H groups in total. The normalized spacial score (nSPS) is 11.1. The van der Waals surface area contributed by atoms with Crippen molar-refractivity contribution in [3.63, 3.8) is 0 Å². The molecule has 124 valence electrons. The van der Waals surface area contributed by atoms with Crippen LogP contribution in [0.15, 0.2) is 75.6 Å². The van der Waals surface area contributed by atoms with Crippen LogP contribution >= 0.6 is 22.9 Å². The zero-order chi connectivity index (χ0) is 17.4. The van der Waals surface area contributed by atoms with Crippen LogP contribution in [0.4, 0.5) is 0 Å². The Labute approximate surface area is 152 Å². The second-order valence-corrected chi connectivity index (χ2v) is 6.96. The lowest BCUT2D eigenvalue weighted by atomic mass is 10.2. The second-order valence-electron chi connectivity index (χ2n) is 5.61. The maximum Gasteiger partial charge on any atom is 0.336 e. The summed E-state index contributed by atoms with van der Waals surface area (Å²) in [5.74, 6) is 0. The number of thiophene rings is 1. The van der Waals surface area contributed by atoms with Crippen LogP contribution in [0.2, 0.25) is 5.02 Å². The predicted molar refractivity (Wildman–Crippen MR) is 102 cm³/mol. The van der Waals surface area contributed by atoms with Crippen molar-refractivity contribution in [1.29, 1.82) is 0 Å². The lowest BCUT2D eigenvalue weighted by molar-refractivity contribution is 0.716. The molecule has 2 aromatic carbocycles. The summed E-state index contributed by atoms with van der Waals surface area (Å²) in [7, 11) is 0. The third-order valence-corrected chi connectivity index (χ3v) is 5.17. The first kappa shape index (κ1) is 15.9. The van der Waals surface area contributed by atoms with Crippen LogP contribution in [0, 0.1) is 0 Å². The van der Waals surface area contributed by atoms with E-state index >= 15 is 0 Å². The first-order valence-electron chi connectivity index (χ1n) is 7.68. The molecule has 4 aromatic rings. The molecule has 4 rings (SSSR count). The Kier molecular flexibility index (Phi) is 4.03. The van der Waals surface area contributed by atoms with Gasteiger partial charge in [0.1, 0.15) is 4.70 Å². The number of hydrogen-bond acceptors (Lipinski definition) is 3. The van der Waals surface area contributed by atoms with E-state index in [-0.39, 0.29) is 11.2 Å². The molecule has 0 spiro atoms. The zero-order valence-corrected chi connectivity index (χ0v) is 14.6.